The van der Waals surface area contributed by atoms with Crippen LogP contribution in [0.15, 0.2) is 11.6 Å². The number of rotatable bonds is 9. The second kappa shape index (κ2) is 10.7. The van der Waals surface area contributed by atoms with Crippen molar-refractivity contribution in [2.45, 2.75) is 39.0 Å². The van der Waals surface area contributed by atoms with Crippen LogP contribution in [-0.4, -0.2) is 48.1 Å². The second-order valence-electron chi connectivity index (χ2n) is 5.56. The average molecular weight is 326 g/mol. The molecule has 8 nitrogen and oxygen atoms in total. The molecule has 0 aromatic heterocycles. The normalized spacial score (nSPS) is 15.3. The van der Waals surface area contributed by atoms with Crippen molar-refractivity contribution in [3.05, 3.63) is 11.6 Å². The van der Waals surface area contributed by atoms with E-state index in [1.54, 1.807) is 0 Å². The fraction of sp³-hybridized carbons (Fsp3) is 0.667. The number of carbonyl (C=O) groups excluding carboxylic acids is 3. The van der Waals surface area contributed by atoms with Gasteiger partial charge in [-0.25, -0.2) is 5.06 Å². The topological polar surface area (TPSA) is 111 Å². The van der Waals surface area contributed by atoms with Gasteiger partial charge in [-0.15, -0.1) is 0 Å². The van der Waals surface area contributed by atoms with Gasteiger partial charge in [0.05, 0.1) is 12.5 Å². The van der Waals surface area contributed by atoms with Gasteiger partial charge in [0.1, 0.15) is 0 Å². The monoisotopic (exact) mass is 326 g/mol. The lowest BCUT2D eigenvalue weighted by Gasteiger charge is -2.20. The fourth-order valence-corrected chi connectivity index (χ4v) is 2.33. The number of carbonyl (C=O) groups is 3. The number of hydrogen-bond acceptors (Lipinski definition) is 5. The zero-order chi connectivity index (χ0) is 17.1. The summed E-state index contributed by atoms with van der Waals surface area (Å²) in [5.74, 6) is -1.34. The molecule has 0 unspecified atom stereocenters. The van der Waals surface area contributed by atoms with E-state index in [9.17, 15) is 19.6 Å². The number of hydrazine groups is 1. The molecule has 8 heteroatoms. The van der Waals surface area contributed by atoms with Gasteiger partial charge in [0, 0.05) is 12.1 Å². The van der Waals surface area contributed by atoms with E-state index in [1.807, 2.05) is 13.0 Å². The Morgan fingerprint density at radius 3 is 2.83 bits per heavy atom. The third kappa shape index (κ3) is 7.25. The predicted molar refractivity (Wildman–Crippen MR) is 84.0 cm³/mol. The van der Waals surface area contributed by atoms with Gasteiger partial charge in [-0.2, -0.15) is 0 Å². The first-order valence-electron chi connectivity index (χ1n) is 7.99. The van der Waals surface area contributed by atoms with Gasteiger partial charge < -0.3 is 5.32 Å². The van der Waals surface area contributed by atoms with E-state index >= 15 is 0 Å². The van der Waals surface area contributed by atoms with Crippen LogP contribution in [0, 0.1) is 5.92 Å². The first kappa shape index (κ1) is 19.1. The number of unbranched alkanes of at least 4 members (excludes halogenated alkanes) is 2. The molecule has 0 aromatic carbocycles. The zero-order valence-electron chi connectivity index (χ0n) is 13.5. The summed E-state index contributed by atoms with van der Waals surface area (Å²) in [6, 6.07) is 0. The molecule has 1 aliphatic rings. The molecule has 0 bridgehead atoms. The van der Waals surface area contributed by atoms with Gasteiger partial charge in [0.2, 0.25) is 12.3 Å². The van der Waals surface area contributed by atoms with Gasteiger partial charge in [-0.1, -0.05) is 32.3 Å². The summed E-state index contributed by atoms with van der Waals surface area (Å²) in [6.45, 7) is 3.25. The van der Waals surface area contributed by atoms with Crippen molar-refractivity contribution >= 4 is 18.2 Å². The van der Waals surface area contributed by atoms with E-state index in [4.69, 9.17) is 0 Å². The molecular weight excluding hydrogens is 300 g/mol. The van der Waals surface area contributed by atoms with E-state index < -0.39 is 11.8 Å². The van der Waals surface area contributed by atoms with Crippen molar-refractivity contribution in [1.29, 1.82) is 0 Å². The summed E-state index contributed by atoms with van der Waals surface area (Å²) >= 11 is 0. The Bertz CT molecular complexity index is 439. The van der Waals surface area contributed by atoms with Crippen LogP contribution in [0.2, 0.25) is 0 Å². The molecule has 1 atom stereocenters. The molecule has 0 radical (unpaired) electrons. The summed E-state index contributed by atoms with van der Waals surface area (Å²) in [6.07, 6.45) is 6.17. The lowest BCUT2D eigenvalue weighted by Crippen LogP contribution is -2.48. The molecule has 3 amide bonds. The standard InChI is InChI=1S/C15H26N4O4/c1-2-3-4-6-13(10-19(23)11-20)15(22)18-17-14(21)12-7-5-8-16-9-12/h7,11,13,16,23H,2-6,8-10H2,1H3,(H,17,21)(H,18,22)/t13-/m1/s1. The Balaban J connectivity index is 2.48. The van der Waals surface area contributed by atoms with E-state index in [1.165, 1.54) is 0 Å². The third-order valence-corrected chi connectivity index (χ3v) is 3.67. The molecule has 0 saturated heterocycles. The second-order valence-corrected chi connectivity index (χ2v) is 5.56. The number of nitrogens with one attached hydrogen (secondary N) is 3. The highest BCUT2D eigenvalue weighted by Crippen LogP contribution is 2.11. The van der Waals surface area contributed by atoms with Crippen LogP contribution < -0.4 is 16.2 Å². The lowest BCUT2D eigenvalue weighted by molar-refractivity contribution is -0.155. The molecule has 0 aliphatic carbocycles. The average Bonchev–Trinajstić information content (AvgIpc) is 2.59. The summed E-state index contributed by atoms with van der Waals surface area (Å²) in [5, 5.41) is 12.8. The first-order chi connectivity index (χ1) is 11.1. The van der Waals surface area contributed by atoms with Crippen LogP contribution in [0.25, 0.3) is 0 Å². The molecule has 0 saturated carbocycles. The lowest BCUT2D eigenvalue weighted by atomic mass is 10.0. The van der Waals surface area contributed by atoms with E-state index in [0.29, 0.717) is 23.6 Å². The summed E-state index contributed by atoms with van der Waals surface area (Å²) in [4.78, 5) is 34.6. The minimum absolute atomic E-state index is 0.0980. The highest BCUT2D eigenvalue weighted by molar-refractivity contribution is 5.95. The SMILES string of the molecule is CCCCC[C@H](CN(O)C=O)C(=O)NNC(=O)C1=CCCNC1. The highest BCUT2D eigenvalue weighted by atomic mass is 16.5. The maximum atomic E-state index is 12.2. The van der Waals surface area contributed by atoms with Gasteiger partial charge in [0.15, 0.2) is 0 Å². The molecule has 130 valence electrons. The Hall–Kier alpha value is -1.93. The van der Waals surface area contributed by atoms with Crippen LogP contribution >= 0.6 is 0 Å². The minimum atomic E-state index is -0.574. The number of nitrogens with zero attached hydrogens (tertiary/aromatic N) is 1. The molecule has 23 heavy (non-hydrogen) atoms. The van der Waals surface area contributed by atoms with Crippen LogP contribution in [0.1, 0.15) is 39.0 Å². The largest absolute Gasteiger partial charge is 0.312 e. The van der Waals surface area contributed by atoms with Crippen LogP contribution in [0.4, 0.5) is 0 Å². The van der Waals surface area contributed by atoms with E-state index in [0.717, 1.165) is 32.2 Å². The number of hydroxylamine groups is 2. The third-order valence-electron chi connectivity index (χ3n) is 3.67. The van der Waals surface area contributed by atoms with Gasteiger partial charge in [-0.05, 0) is 19.4 Å². The van der Waals surface area contributed by atoms with Crippen molar-refractivity contribution in [2.75, 3.05) is 19.6 Å². The molecular formula is C15H26N4O4. The van der Waals surface area contributed by atoms with Crippen molar-refractivity contribution in [1.82, 2.24) is 21.2 Å². The summed E-state index contributed by atoms with van der Waals surface area (Å²) in [5.41, 5.74) is 5.33. The quantitative estimate of drug-likeness (QED) is 0.208. The van der Waals surface area contributed by atoms with Crippen LogP contribution in [0.3, 0.4) is 0 Å². The molecule has 1 rings (SSSR count). The van der Waals surface area contributed by atoms with Crippen molar-refractivity contribution < 1.29 is 19.6 Å². The molecule has 0 spiro atoms. The Morgan fingerprint density at radius 2 is 2.22 bits per heavy atom. The molecule has 0 fully saturated rings. The van der Waals surface area contributed by atoms with Gasteiger partial charge >= 0.3 is 0 Å². The Morgan fingerprint density at radius 1 is 1.43 bits per heavy atom. The smallest absolute Gasteiger partial charge is 0.266 e. The minimum Gasteiger partial charge on any atom is -0.312 e. The Labute approximate surface area is 136 Å². The van der Waals surface area contributed by atoms with Crippen LogP contribution in [-0.2, 0) is 14.4 Å². The van der Waals surface area contributed by atoms with Crippen LogP contribution in [0.5, 0.6) is 0 Å². The summed E-state index contributed by atoms with van der Waals surface area (Å²) in [7, 11) is 0. The molecule has 1 heterocycles. The highest BCUT2D eigenvalue weighted by Gasteiger charge is 2.21. The van der Waals surface area contributed by atoms with Crippen molar-refractivity contribution in [3.63, 3.8) is 0 Å². The predicted octanol–water partition coefficient (Wildman–Crippen LogP) is 0.0976. The van der Waals surface area contributed by atoms with Gasteiger partial charge in [0.25, 0.3) is 5.91 Å². The molecule has 4 N–H and O–H groups in total. The zero-order valence-corrected chi connectivity index (χ0v) is 13.5. The van der Waals surface area contributed by atoms with E-state index in [2.05, 4.69) is 16.2 Å². The Kier molecular flexibility index (Phi) is 8.93. The van der Waals surface area contributed by atoms with E-state index in [-0.39, 0.29) is 18.9 Å². The molecule has 1 aliphatic heterocycles. The maximum Gasteiger partial charge on any atom is 0.266 e. The van der Waals surface area contributed by atoms with Crippen molar-refractivity contribution in [3.8, 4) is 0 Å². The maximum absolute atomic E-state index is 12.2. The fourth-order valence-electron chi connectivity index (χ4n) is 2.33. The number of amides is 3. The van der Waals surface area contributed by atoms with Gasteiger partial charge in [-0.3, -0.25) is 30.4 Å². The number of hydrogen-bond donors (Lipinski definition) is 4. The summed E-state index contributed by atoms with van der Waals surface area (Å²) < 4.78 is 0. The van der Waals surface area contributed by atoms with Crippen molar-refractivity contribution in [2.24, 2.45) is 5.92 Å². The first-order valence-corrected chi connectivity index (χ1v) is 7.99. The molecule has 0 aromatic rings.